The summed E-state index contributed by atoms with van der Waals surface area (Å²) in [7, 11) is 0. The molecule has 0 fully saturated rings. The van der Waals surface area contributed by atoms with E-state index >= 15 is 0 Å². The normalized spacial score (nSPS) is 14.0. The molecule has 154 valence electrons. The van der Waals surface area contributed by atoms with Crippen molar-refractivity contribution in [1.82, 2.24) is 10.6 Å². The molecule has 3 amide bonds. The van der Waals surface area contributed by atoms with E-state index in [2.05, 4.69) is 10.6 Å². The van der Waals surface area contributed by atoms with E-state index in [0.29, 0.717) is 0 Å². The number of hydrogen-bond donors (Lipinski definition) is 5. The number of carbonyl (C=O) groups is 4. The summed E-state index contributed by atoms with van der Waals surface area (Å²) in [5, 5.41) is 14.3. The number of rotatable bonds is 11. The predicted molar refractivity (Wildman–Crippen MR) is 103 cm³/mol. The van der Waals surface area contributed by atoms with Gasteiger partial charge in [-0.2, -0.15) is 0 Å². The minimum atomic E-state index is -1.16. The number of benzene rings is 1. The van der Waals surface area contributed by atoms with Crippen LogP contribution in [0.25, 0.3) is 0 Å². The quantitative estimate of drug-likeness (QED) is 0.342. The monoisotopic (exact) mass is 392 g/mol. The van der Waals surface area contributed by atoms with Crippen LogP contribution < -0.4 is 22.1 Å². The van der Waals surface area contributed by atoms with E-state index in [0.717, 1.165) is 5.56 Å². The highest BCUT2D eigenvalue weighted by Crippen LogP contribution is 2.07. The van der Waals surface area contributed by atoms with E-state index in [1.165, 1.54) is 0 Å². The largest absolute Gasteiger partial charge is 0.480 e. The number of aliphatic carboxylic acids is 1. The first-order valence-corrected chi connectivity index (χ1v) is 9.03. The van der Waals surface area contributed by atoms with Gasteiger partial charge in [-0.3, -0.25) is 14.4 Å². The van der Waals surface area contributed by atoms with Crippen LogP contribution >= 0.6 is 0 Å². The third kappa shape index (κ3) is 7.75. The lowest BCUT2D eigenvalue weighted by Gasteiger charge is -2.24. The Bertz CT molecular complexity index is 693. The highest BCUT2D eigenvalue weighted by atomic mass is 16.4. The van der Waals surface area contributed by atoms with Crippen molar-refractivity contribution in [2.75, 3.05) is 0 Å². The molecule has 0 aromatic heterocycles. The van der Waals surface area contributed by atoms with Gasteiger partial charge in [-0.15, -0.1) is 0 Å². The Labute approximate surface area is 163 Å². The molecule has 0 heterocycles. The number of hydrogen-bond acceptors (Lipinski definition) is 5. The first-order valence-electron chi connectivity index (χ1n) is 9.03. The first kappa shape index (κ1) is 23.1. The zero-order chi connectivity index (χ0) is 21.3. The van der Waals surface area contributed by atoms with Crippen LogP contribution in [0.2, 0.25) is 0 Å². The zero-order valence-electron chi connectivity index (χ0n) is 16.1. The lowest BCUT2D eigenvalue weighted by atomic mass is 10.0. The molecule has 28 heavy (non-hydrogen) atoms. The molecule has 0 bridgehead atoms. The van der Waals surface area contributed by atoms with Gasteiger partial charge in [-0.25, -0.2) is 4.79 Å². The van der Waals surface area contributed by atoms with Crippen LogP contribution in [0.4, 0.5) is 0 Å². The van der Waals surface area contributed by atoms with Gasteiger partial charge < -0.3 is 27.2 Å². The average molecular weight is 392 g/mol. The number of nitrogens with one attached hydrogen (secondary N) is 2. The van der Waals surface area contributed by atoms with Crippen LogP contribution in [0.1, 0.15) is 32.3 Å². The number of carboxylic acid groups (broad SMARTS) is 1. The second-order valence-corrected chi connectivity index (χ2v) is 6.93. The van der Waals surface area contributed by atoms with Crippen molar-refractivity contribution in [1.29, 1.82) is 0 Å². The van der Waals surface area contributed by atoms with Crippen molar-refractivity contribution in [3.05, 3.63) is 35.9 Å². The van der Waals surface area contributed by atoms with E-state index < -0.39 is 41.8 Å². The zero-order valence-corrected chi connectivity index (χ0v) is 16.1. The van der Waals surface area contributed by atoms with E-state index in [4.69, 9.17) is 11.5 Å². The van der Waals surface area contributed by atoms with Crippen LogP contribution in [-0.4, -0.2) is 46.9 Å². The Morgan fingerprint density at radius 2 is 1.64 bits per heavy atom. The highest BCUT2D eigenvalue weighted by molar-refractivity contribution is 5.92. The summed E-state index contributed by atoms with van der Waals surface area (Å²) in [6.07, 6.45) is 0.147. The molecule has 3 atom stereocenters. The maximum atomic E-state index is 12.7. The Balaban J connectivity index is 2.92. The Hall–Kier alpha value is -2.94. The van der Waals surface area contributed by atoms with Gasteiger partial charge in [0.05, 0.1) is 6.04 Å². The first-order chi connectivity index (χ1) is 13.1. The lowest BCUT2D eigenvalue weighted by Crippen LogP contribution is -2.56. The topological polar surface area (TPSA) is 165 Å². The van der Waals surface area contributed by atoms with Gasteiger partial charge in [0, 0.05) is 12.8 Å². The summed E-state index contributed by atoms with van der Waals surface area (Å²) in [5.41, 5.74) is 11.6. The summed E-state index contributed by atoms with van der Waals surface area (Å²) in [5.74, 6) is -3.32. The molecule has 0 aliphatic carbocycles. The summed E-state index contributed by atoms with van der Waals surface area (Å²) in [6, 6.07) is 5.85. The Morgan fingerprint density at radius 1 is 1.04 bits per heavy atom. The third-order valence-electron chi connectivity index (χ3n) is 4.18. The molecule has 9 heteroatoms. The fourth-order valence-corrected chi connectivity index (χ4v) is 2.53. The fraction of sp³-hybridized carbons (Fsp3) is 0.474. The standard InChI is InChI=1S/C19H28N4O5/c1-11(2)16(19(27)28)23-18(26)14(10-12-6-4-3-5-7-12)22-17(25)13(20)8-9-15(21)24/h3-7,11,13-14,16H,8-10,20H2,1-2H3,(H2,21,24)(H,22,25)(H,23,26)(H,27,28). The fourth-order valence-electron chi connectivity index (χ4n) is 2.53. The second-order valence-electron chi connectivity index (χ2n) is 6.93. The molecule has 0 saturated heterocycles. The molecule has 0 radical (unpaired) electrons. The van der Waals surface area contributed by atoms with Gasteiger partial charge in [0.25, 0.3) is 0 Å². The minimum absolute atomic E-state index is 0.0462. The van der Waals surface area contributed by atoms with E-state index in [-0.39, 0.29) is 25.2 Å². The number of carbonyl (C=O) groups excluding carboxylic acids is 3. The summed E-state index contributed by atoms with van der Waals surface area (Å²) in [4.78, 5) is 47.2. The minimum Gasteiger partial charge on any atom is -0.480 e. The van der Waals surface area contributed by atoms with Gasteiger partial charge >= 0.3 is 5.97 Å². The number of amides is 3. The molecule has 1 aromatic carbocycles. The number of primary amides is 1. The number of nitrogens with two attached hydrogens (primary N) is 2. The van der Waals surface area contributed by atoms with Gasteiger partial charge in [-0.05, 0) is 17.9 Å². The SMILES string of the molecule is CC(C)C(NC(=O)C(Cc1ccccc1)NC(=O)C(N)CCC(N)=O)C(=O)O. The van der Waals surface area contributed by atoms with Gasteiger partial charge in [0.15, 0.2) is 0 Å². The molecule has 1 aromatic rings. The molecule has 0 saturated carbocycles. The molecular weight excluding hydrogens is 364 g/mol. The van der Waals surface area contributed by atoms with E-state index in [1.807, 2.05) is 6.07 Å². The number of carboxylic acids is 1. The highest BCUT2D eigenvalue weighted by Gasteiger charge is 2.29. The summed E-state index contributed by atoms with van der Waals surface area (Å²) < 4.78 is 0. The maximum absolute atomic E-state index is 12.7. The van der Waals surface area contributed by atoms with E-state index in [1.54, 1.807) is 38.1 Å². The van der Waals surface area contributed by atoms with Crippen molar-refractivity contribution in [3.8, 4) is 0 Å². The molecule has 0 aliphatic heterocycles. The van der Waals surface area contributed by atoms with Crippen LogP contribution in [0.15, 0.2) is 30.3 Å². The van der Waals surface area contributed by atoms with Gasteiger partial charge in [0.1, 0.15) is 12.1 Å². The van der Waals surface area contributed by atoms with Crippen molar-refractivity contribution in [2.45, 2.75) is 51.2 Å². The summed E-state index contributed by atoms with van der Waals surface area (Å²) >= 11 is 0. The van der Waals surface area contributed by atoms with Gasteiger partial charge in [-0.1, -0.05) is 44.2 Å². The van der Waals surface area contributed by atoms with Crippen molar-refractivity contribution in [2.24, 2.45) is 17.4 Å². The van der Waals surface area contributed by atoms with E-state index in [9.17, 15) is 24.3 Å². The second kappa shape index (κ2) is 11.0. The van der Waals surface area contributed by atoms with Crippen molar-refractivity contribution in [3.63, 3.8) is 0 Å². The Morgan fingerprint density at radius 3 is 2.14 bits per heavy atom. The maximum Gasteiger partial charge on any atom is 0.326 e. The molecule has 0 spiro atoms. The smallest absolute Gasteiger partial charge is 0.326 e. The summed E-state index contributed by atoms with van der Waals surface area (Å²) in [6.45, 7) is 3.34. The van der Waals surface area contributed by atoms with Crippen molar-refractivity contribution >= 4 is 23.7 Å². The molecule has 3 unspecified atom stereocenters. The van der Waals surface area contributed by atoms with Crippen LogP contribution in [0.3, 0.4) is 0 Å². The molecule has 0 aliphatic rings. The predicted octanol–water partition coefficient (Wildman–Crippen LogP) is -0.468. The third-order valence-corrected chi connectivity index (χ3v) is 4.18. The molecule has 1 rings (SSSR count). The van der Waals surface area contributed by atoms with Crippen LogP contribution in [-0.2, 0) is 25.6 Å². The lowest BCUT2D eigenvalue weighted by molar-refractivity contribution is -0.143. The van der Waals surface area contributed by atoms with Crippen molar-refractivity contribution < 1.29 is 24.3 Å². The Kier molecular flexibility index (Phi) is 9.10. The van der Waals surface area contributed by atoms with Crippen LogP contribution in [0, 0.1) is 5.92 Å². The average Bonchev–Trinajstić information content (AvgIpc) is 2.63. The molecule has 9 nitrogen and oxygen atoms in total. The molecule has 7 N–H and O–H groups in total. The molecular formula is C19H28N4O5. The van der Waals surface area contributed by atoms with Crippen LogP contribution in [0.5, 0.6) is 0 Å². The van der Waals surface area contributed by atoms with Gasteiger partial charge in [0.2, 0.25) is 17.7 Å².